The molecule has 0 saturated carbocycles. The van der Waals surface area contributed by atoms with Crippen LogP contribution in [0.2, 0.25) is 0 Å². The first-order valence-electron chi connectivity index (χ1n) is 8.61. The highest BCUT2D eigenvalue weighted by Gasteiger charge is 2.12. The molecule has 5 rings (SSSR count). The lowest BCUT2D eigenvalue weighted by Crippen LogP contribution is -2.06. The molecule has 136 valence electrons. The summed E-state index contributed by atoms with van der Waals surface area (Å²) in [6.45, 7) is 0.174. The van der Waals surface area contributed by atoms with Crippen molar-refractivity contribution >= 4 is 16.7 Å². The van der Waals surface area contributed by atoms with E-state index in [2.05, 4.69) is 25.3 Å². The molecule has 0 fully saturated rings. The van der Waals surface area contributed by atoms with Gasteiger partial charge in [0.25, 0.3) is 5.78 Å². The molecule has 0 aliphatic carbocycles. The molecule has 0 amide bonds. The Morgan fingerprint density at radius 2 is 1.89 bits per heavy atom. The van der Waals surface area contributed by atoms with E-state index in [4.69, 9.17) is 4.74 Å². The van der Waals surface area contributed by atoms with Crippen LogP contribution in [-0.4, -0.2) is 34.9 Å². The highest BCUT2D eigenvalue weighted by molar-refractivity contribution is 5.84. The SMILES string of the molecule is Oc1cccc(-c2cnc3nnc(COc4ccnc5ccccc45)n3n2)c1. The molecule has 0 unspecified atom stereocenters. The average Bonchev–Trinajstić information content (AvgIpc) is 3.14. The summed E-state index contributed by atoms with van der Waals surface area (Å²) in [5.74, 6) is 1.77. The summed E-state index contributed by atoms with van der Waals surface area (Å²) in [4.78, 5) is 8.63. The Hall–Kier alpha value is -4.07. The fraction of sp³-hybridized carbons (Fsp3) is 0.0500. The zero-order valence-corrected chi connectivity index (χ0v) is 14.6. The third kappa shape index (κ3) is 2.86. The van der Waals surface area contributed by atoms with Crippen LogP contribution in [0.1, 0.15) is 5.82 Å². The molecule has 8 nitrogen and oxygen atoms in total. The summed E-state index contributed by atoms with van der Waals surface area (Å²) in [7, 11) is 0. The normalized spacial score (nSPS) is 11.1. The van der Waals surface area contributed by atoms with Gasteiger partial charge in [0.05, 0.1) is 11.7 Å². The van der Waals surface area contributed by atoms with Gasteiger partial charge in [0, 0.05) is 17.1 Å². The van der Waals surface area contributed by atoms with Gasteiger partial charge in [-0.05, 0) is 30.3 Å². The minimum atomic E-state index is 0.163. The van der Waals surface area contributed by atoms with Crippen molar-refractivity contribution in [3.63, 3.8) is 0 Å². The molecule has 3 heterocycles. The molecule has 0 bridgehead atoms. The first-order chi connectivity index (χ1) is 13.8. The van der Waals surface area contributed by atoms with Gasteiger partial charge >= 0.3 is 0 Å². The van der Waals surface area contributed by atoms with E-state index in [-0.39, 0.29) is 12.4 Å². The number of fused-ring (bicyclic) bond motifs is 2. The van der Waals surface area contributed by atoms with Gasteiger partial charge in [-0.25, -0.2) is 4.98 Å². The second-order valence-corrected chi connectivity index (χ2v) is 6.14. The molecule has 0 aliphatic heterocycles. The second kappa shape index (κ2) is 6.58. The smallest absolute Gasteiger partial charge is 0.272 e. The van der Waals surface area contributed by atoms with Crippen molar-refractivity contribution in [3.8, 4) is 22.8 Å². The number of phenols is 1. The van der Waals surface area contributed by atoms with Crippen molar-refractivity contribution in [2.24, 2.45) is 0 Å². The van der Waals surface area contributed by atoms with Crippen LogP contribution < -0.4 is 4.74 Å². The molecule has 0 spiro atoms. The van der Waals surface area contributed by atoms with Crippen LogP contribution >= 0.6 is 0 Å². The molecule has 0 atom stereocenters. The minimum absolute atomic E-state index is 0.163. The maximum absolute atomic E-state index is 9.69. The number of rotatable bonds is 4. The second-order valence-electron chi connectivity index (χ2n) is 6.14. The Labute approximate surface area is 159 Å². The number of hydrogen-bond acceptors (Lipinski definition) is 7. The van der Waals surface area contributed by atoms with Gasteiger partial charge in [-0.15, -0.1) is 10.2 Å². The van der Waals surface area contributed by atoms with E-state index in [1.54, 1.807) is 35.1 Å². The molecule has 8 heteroatoms. The zero-order valence-electron chi connectivity index (χ0n) is 14.6. The fourth-order valence-electron chi connectivity index (χ4n) is 2.96. The van der Waals surface area contributed by atoms with Gasteiger partial charge in [0.2, 0.25) is 0 Å². The monoisotopic (exact) mass is 370 g/mol. The van der Waals surface area contributed by atoms with Crippen LogP contribution in [0, 0.1) is 0 Å². The van der Waals surface area contributed by atoms with Gasteiger partial charge < -0.3 is 9.84 Å². The van der Waals surface area contributed by atoms with E-state index in [1.807, 2.05) is 36.4 Å². The molecule has 5 aromatic rings. The van der Waals surface area contributed by atoms with E-state index in [0.29, 0.717) is 23.0 Å². The third-order valence-corrected chi connectivity index (χ3v) is 4.31. The molecule has 1 N–H and O–H groups in total. The highest BCUT2D eigenvalue weighted by atomic mass is 16.5. The van der Waals surface area contributed by atoms with Crippen LogP contribution in [-0.2, 0) is 6.61 Å². The lowest BCUT2D eigenvalue weighted by molar-refractivity contribution is 0.296. The van der Waals surface area contributed by atoms with Crippen LogP contribution in [0.25, 0.3) is 27.9 Å². The van der Waals surface area contributed by atoms with Crippen LogP contribution in [0.3, 0.4) is 0 Å². The summed E-state index contributed by atoms with van der Waals surface area (Å²) in [5, 5.41) is 23.3. The molecule has 28 heavy (non-hydrogen) atoms. The van der Waals surface area contributed by atoms with Crippen molar-refractivity contribution in [2.75, 3.05) is 0 Å². The van der Waals surface area contributed by atoms with E-state index >= 15 is 0 Å². The number of ether oxygens (including phenoxy) is 1. The number of nitrogens with zero attached hydrogens (tertiary/aromatic N) is 6. The largest absolute Gasteiger partial charge is 0.508 e. The molecule has 0 saturated heterocycles. The number of phenolic OH excluding ortho intramolecular Hbond substituents is 1. The van der Waals surface area contributed by atoms with Crippen LogP contribution in [0.4, 0.5) is 0 Å². The summed E-state index contributed by atoms with van der Waals surface area (Å²) < 4.78 is 7.51. The quantitative estimate of drug-likeness (QED) is 0.519. The van der Waals surface area contributed by atoms with Crippen LogP contribution in [0.5, 0.6) is 11.5 Å². The molecular formula is C20H14N6O2. The number of para-hydroxylation sites is 1. The Kier molecular flexibility index (Phi) is 3.79. The highest BCUT2D eigenvalue weighted by Crippen LogP contribution is 2.24. The van der Waals surface area contributed by atoms with Crippen molar-refractivity contribution in [2.45, 2.75) is 6.61 Å². The van der Waals surface area contributed by atoms with Crippen LogP contribution in [0.15, 0.2) is 67.0 Å². The van der Waals surface area contributed by atoms with E-state index in [0.717, 1.165) is 16.5 Å². The standard InChI is InChI=1S/C20H14N6O2/c27-14-5-3-4-13(10-14)17-11-22-20-24-23-19(26(20)25-17)12-28-18-8-9-21-16-7-2-1-6-15(16)18/h1-11,27H,12H2. The summed E-state index contributed by atoms with van der Waals surface area (Å²) >= 11 is 0. The number of aromatic nitrogens is 6. The average molecular weight is 370 g/mol. The van der Waals surface area contributed by atoms with Gasteiger partial charge in [-0.2, -0.15) is 9.61 Å². The maximum atomic E-state index is 9.69. The van der Waals surface area contributed by atoms with Crippen molar-refractivity contribution in [1.82, 2.24) is 29.8 Å². The van der Waals surface area contributed by atoms with E-state index in [9.17, 15) is 5.11 Å². The van der Waals surface area contributed by atoms with Crippen molar-refractivity contribution in [3.05, 3.63) is 72.8 Å². The Morgan fingerprint density at radius 3 is 2.82 bits per heavy atom. The predicted molar refractivity (Wildman–Crippen MR) is 102 cm³/mol. The number of hydrogen-bond donors (Lipinski definition) is 1. The summed E-state index contributed by atoms with van der Waals surface area (Å²) in [5.41, 5.74) is 2.20. The first kappa shape index (κ1) is 16.1. The minimum Gasteiger partial charge on any atom is -0.508 e. The number of pyridine rings is 1. The molecule has 2 aromatic carbocycles. The molecule has 0 aliphatic rings. The zero-order chi connectivity index (χ0) is 18.9. The summed E-state index contributed by atoms with van der Waals surface area (Å²) in [6, 6.07) is 16.4. The third-order valence-electron chi connectivity index (χ3n) is 4.31. The van der Waals surface area contributed by atoms with E-state index < -0.39 is 0 Å². The molecule has 0 radical (unpaired) electrons. The topological polar surface area (TPSA) is 98.3 Å². The number of aromatic hydroxyl groups is 1. The van der Waals surface area contributed by atoms with Gasteiger partial charge in [-0.1, -0.05) is 24.3 Å². The van der Waals surface area contributed by atoms with Crippen molar-refractivity contribution in [1.29, 1.82) is 0 Å². The Bertz CT molecular complexity index is 1300. The lowest BCUT2D eigenvalue weighted by atomic mass is 10.1. The van der Waals surface area contributed by atoms with E-state index in [1.165, 1.54) is 0 Å². The fourth-order valence-corrected chi connectivity index (χ4v) is 2.96. The lowest BCUT2D eigenvalue weighted by Gasteiger charge is -2.08. The maximum Gasteiger partial charge on any atom is 0.272 e. The van der Waals surface area contributed by atoms with Gasteiger partial charge in [0.15, 0.2) is 5.82 Å². The van der Waals surface area contributed by atoms with Gasteiger partial charge in [-0.3, -0.25) is 4.98 Å². The molecular weight excluding hydrogens is 356 g/mol. The summed E-state index contributed by atoms with van der Waals surface area (Å²) in [6.07, 6.45) is 3.30. The Balaban J connectivity index is 1.48. The van der Waals surface area contributed by atoms with Gasteiger partial charge in [0.1, 0.15) is 23.8 Å². The Morgan fingerprint density at radius 1 is 0.964 bits per heavy atom. The van der Waals surface area contributed by atoms with Crippen molar-refractivity contribution < 1.29 is 9.84 Å². The molecule has 3 aromatic heterocycles. The predicted octanol–water partition coefficient (Wildman–Crippen LogP) is 3.02. The number of benzene rings is 2. The first-order valence-corrected chi connectivity index (χ1v) is 8.61.